The Morgan fingerprint density at radius 1 is 1.37 bits per heavy atom. The number of piperidine rings is 1. The van der Waals surface area contributed by atoms with Crippen LogP contribution in [0.2, 0.25) is 0 Å². The fourth-order valence-corrected chi connectivity index (χ4v) is 3.89. The van der Waals surface area contributed by atoms with E-state index in [0.29, 0.717) is 6.10 Å². The van der Waals surface area contributed by atoms with Crippen molar-refractivity contribution in [2.75, 3.05) is 32.8 Å². The van der Waals surface area contributed by atoms with Crippen LogP contribution in [-0.4, -0.2) is 43.8 Å². The maximum absolute atomic E-state index is 5.96. The zero-order valence-corrected chi connectivity index (χ0v) is 12.4. The Balaban J connectivity index is 1.32. The summed E-state index contributed by atoms with van der Waals surface area (Å²) in [5.41, 5.74) is 1.55. The van der Waals surface area contributed by atoms with Gasteiger partial charge in [0, 0.05) is 31.1 Å². The lowest BCUT2D eigenvalue weighted by atomic mass is 10.1. The van der Waals surface area contributed by atoms with Crippen LogP contribution in [0.15, 0.2) is 11.4 Å². The Bertz CT molecular complexity index is 387. The van der Waals surface area contributed by atoms with Crippen LogP contribution in [0.3, 0.4) is 0 Å². The second kappa shape index (κ2) is 6.84. The first-order valence-electron chi connectivity index (χ1n) is 7.52. The molecular formula is C15H24N2OS. The van der Waals surface area contributed by atoms with E-state index in [0.717, 1.165) is 26.2 Å². The van der Waals surface area contributed by atoms with Crippen molar-refractivity contribution < 1.29 is 4.74 Å². The van der Waals surface area contributed by atoms with Gasteiger partial charge >= 0.3 is 0 Å². The van der Waals surface area contributed by atoms with Gasteiger partial charge in [-0.05, 0) is 55.8 Å². The molecule has 1 saturated heterocycles. The number of rotatable bonds is 5. The largest absolute Gasteiger partial charge is 0.378 e. The quantitative estimate of drug-likeness (QED) is 0.837. The molecule has 3 heterocycles. The molecule has 0 amide bonds. The molecule has 0 saturated carbocycles. The third-order valence-electron chi connectivity index (χ3n) is 4.15. The Morgan fingerprint density at radius 3 is 3.16 bits per heavy atom. The third-order valence-corrected chi connectivity index (χ3v) is 5.17. The minimum atomic E-state index is 0.506. The van der Waals surface area contributed by atoms with Crippen LogP contribution >= 0.6 is 11.3 Å². The average Bonchev–Trinajstić information content (AvgIpc) is 2.92. The van der Waals surface area contributed by atoms with E-state index in [4.69, 9.17) is 4.74 Å². The summed E-state index contributed by atoms with van der Waals surface area (Å²) < 4.78 is 5.96. The summed E-state index contributed by atoms with van der Waals surface area (Å²) in [5.74, 6) is 0. The standard InChI is InChI=1S/C15H24N2OS/c1(10-18-14-2-6-16-7-3-14)8-17-9-4-15-13(12-17)5-11-19-15/h5,11,14,16H,1-4,6-10,12H2. The molecule has 0 aromatic carbocycles. The molecule has 1 aromatic rings. The highest BCUT2D eigenvalue weighted by atomic mass is 32.1. The van der Waals surface area contributed by atoms with Crippen molar-refractivity contribution in [1.29, 1.82) is 0 Å². The SMILES string of the molecule is c1cc2c(s1)CCN(CCCOC1CCNCC1)C2. The van der Waals surface area contributed by atoms with Crippen LogP contribution in [0, 0.1) is 0 Å². The van der Waals surface area contributed by atoms with E-state index >= 15 is 0 Å². The van der Waals surface area contributed by atoms with Crippen LogP contribution in [0.5, 0.6) is 0 Å². The van der Waals surface area contributed by atoms with Crippen molar-refractivity contribution in [2.24, 2.45) is 0 Å². The maximum atomic E-state index is 5.96. The van der Waals surface area contributed by atoms with Gasteiger partial charge in [-0.3, -0.25) is 4.90 Å². The molecule has 0 unspecified atom stereocenters. The average molecular weight is 280 g/mol. The van der Waals surface area contributed by atoms with Gasteiger partial charge in [0.25, 0.3) is 0 Å². The topological polar surface area (TPSA) is 24.5 Å². The molecule has 0 radical (unpaired) electrons. The summed E-state index contributed by atoms with van der Waals surface area (Å²) in [5, 5.41) is 5.61. The molecule has 2 aliphatic heterocycles. The van der Waals surface area contributed by atoms with Gasteiger partial charge in [0.1, 0.15) is 0 Å². The molecule has 0 spiro atoms. The molecule has 106 valence electrons. The van der Waals surface area contributed by atoms with Crippen LogP contribution < -0.4 is 5.32 Å². The zero-order chi connectivity index (χ0) is 12.9. The van der Waals surface area contributed by atoms with Crippen LogP contribution in [0.1, 0.15) is 29.7 Å². The molecule has 3 rings (SSSR count). The lowest BCUT2D eigenvalue weighted by Gasteiger charge is -2.27. The second-order valence-electron chi connectivity index (χ2n) is 5.57. The Labute approximate surface area is 119 Å². The monoisotopic (exact) mass is 280 g/mol. The predicted molar refractivity (Wildman–Crippen MR) is 79.8 cm³/mol. The number of hydrogen-bond acceptors (Lipinski definition) is 4. The molecule has 19 heavy (non-hydrogen) atoms. The van der Waals surface area contributed by atoms with Crippen LogP contribution in [0.25, 0.3) is 0 Å². The minimum absolute atomic E-state index is 0.506. The number of fused-ring (bicyclic) bond motifs is 1. The lowest BCUT2D eigenvalue weighted by molar-refractivity contribution is 0.0272. The first-order valence-corrected chi connectivity index (χ1v) is 8.40. The van der Waals surface area contributed by atoms with Crippen molar-refractivity contribution >= 4 is 11.3 Å². The summed E-state index contributed by atoms with van der Waals surface area (Å²) in [4.78, 5) is 4.17. The third kappa shape index (κ3) is 3.78. The van der Waals surface area contributed by atoms with Gasteiger partial charge in [-0.25, -0.2) is 0 Å². The van der Waals surface area contributed by atoms with Crippen molar-refractivity contribution in [2.45, 2.75) is 38.3 Å². The number of ether oxygens (including phenoxy) is 1. The highest BCUT2D eigenvalue weighted by Gasteiger charge is 2.17. The molecule has 1 fully saturated rings. The van der Waals surface area contributed by atoms with E-state index in [1.165, 1.54) is 38.8 Å². The number of thiophene rings is 1. The summed E-state index contributed by atoms with van der Waals surface area (Å²) in [7, 11) is 0. The van der Waals surface area contributed by atoms with Crippen LogP contribution in [0.4, 0.5) is 0 Å². The summed E-state index contributed by atoms with van der Waals surface area (Å²) in [6.07, 6.45) is 5.28. The van der Waals surface area contributed by atoms with Crippen molar-refractivity contribution in [3.8, 4) is 0 Å². The highest BCUT2D eigenvalue weighted by molar-refractivity contribution is 7.10. The fraction of sp³-hybridized carbons (Fsp3) is 0.733. The molecule has 0 bridgehead atoms. The Hall–Kier alpha value is -0.420. The number of nitrogens with zero attached hydrogens (tertiary/aromatic N) is 1. The number of hydrogen-bond donors (Lipinski definition) is 1. The Morgan fingerprint density at radius 2 is 2.26 bits per heavy atom. The molecular weight excluding hydrogens is 256 g/mol. The maximum Gasteiger partial charge on any atom is 0.0599 e. The first kappa shape index (κ1) is 13.6. The minimum Gasteiger partial charge on any atom is -0.378 e. The zero-order valence-electron chi connectivity index (χ0n) is 11.6. The van der Waals surface area contributed by atoms with Gasteiger partial charge in [0.05, 0.1) is 6.10 Å². The summed E-state index contributed by atoms with van der Waals surface area (Å²) in [6, 6.07) is 2.29. The van der Waals surface area contributed by atoms with E-state index in [1.807, 2.05) is 11.3 Å². The van der Waals surface area contributed by atoms with Gasteiger partial charge in [0.15, 0.2) is 0 Å². The Kier molecular flexibility index (Phi) is 4.88. The van der Waals surface area contributed by atoms with Crippen LogP contribution in [-0.2, 0) is 17.7 Å². The summed E-state index contributed by atoms with van der Waals surface area (Å²) in [6.45, 7) is 6.72. The van der Waals surface area contributed by atoms with E-state index in [-0.39, 0.29) is 0 Å². The van der Waals surface area contributed by atoms with Gasteiger partial charge in [-0.1, -0.05) is 0 Å². The fourth-order valence-electron chi connectivity index (χ4n) is 3.00. The summed E-state index contributed by atoms with van der Waals surface area (Å²) >= 11 is 1.92. The molecule has 2 aliphatic rings. The van der Waals surface area contributed by atoms with E-state index in [1.54, 1.807) is 10.4 Å². The first-order chi connectivity index (χ1) is 9.42. The van der Waals surface area contributed by atoms with Gasteiger partial charge in [0.2, 0.25) is 0 Å². The lowest BCUT2D eigenvalue weighted by Crippen LogP contribution is -2.34. The number of nitrogens with one attached hydrogen (secondary N) is 1. The molecule has 0 atom stereocenters. The van der Waals surface area contributed by atoms with Gasteiger partial charge in [-0.2, -0.15) is 0 Å². The van der Waals surface area contributed by atoms with Crippen molar-refractivity contribution in [1.82, 2.24) is 10.2 Å². The molecule has 0 aliphatic carbocycles. The van der Waals surface area contributed by atoms with Gasteiger partial charge in [-0.15, -0.1) is 11.3 Å². The predicted octanol–water partition coefficient (Wildman–Crippen LogP) is 2.26. The van der Waals surface area contributed by atoms with Crippen molar-refractivity contribution in [3.05, 3.63) is 21.9 Å². The van der Waals surface area contributed by atoms with Gasteiger partial charge < -0.3 is 10.1 Å². The van der Waals surface area contributed by atoms with E-state index in [2.05, 4.69) is 21.7 Å². The van der Waals surface area contributed by atoms with E-state index in [9.17, 15) is 0 Å². The molecule has 3 nitrogen and oxygen atoms in total. The molecule has 4 heteroatoms. The van der Waals surface area contributed by atoms with E-state index < -0.39 is 0 Å². The smallest absolute Gasteiger partial charge is 0.0599 e. The molecule has 1 N–H and O–H groups in total. The highest BCUT2D eigenvalue weighted by Crippen LogP contribution is 2.23. The molecule has 1 aromatic heterocycles. The second-order valence-corrected chi connectivity index (χ2v) is 6.57. The normalized spacial score (nSPS) is 21.5. The van der Waals surface area contributed by atoms with Crippen molar-refractivity contribution in [3.63, 3.8) is 0 Å².